The van der Waals surface area contributed by atoms with Gasteiger partial charge in [0.25, 0.3) is 0 Å². The molecule has 11 heavy (non-hydrogen) atoms. The molecule has 1 fully saturated rings. The predicted octanol–water partition coefficient (Wildman–Crippen LogP) is 2.21. The zero-order valence-electron chi connectivity index (χ0n) is 6.62. The van der Waals surface area contributed by atoms with Gasteiger partial charge in [-0.1, -0.05) is 31.8 Å². The number of rotatable bonds is 3. The SMILES string of the molecule is O=C(O)/C=C/CC1CCCC1. The van der Waals surface area contributed by atoms with Gasteiger partial charge in [0.05, 0.1) is 0 Å². The second-order valence-electron chi connectivity index (χ2n) is 3.13. The van der Waals surface area contributed by atoms with Crippen LogP contribution in [0.15, 0.2) is 12.2 Å². The first kappa shape index (κ1) is 8.31. The van der Waals surface area contributed by atoms with Gasteiger partial charge in [-0.05, 0) is 12.3 Å². The maximum absolute atomic E-state index is 10.1. The summed E-state index contributed by atoms with van der Waals surface area (Å²) < 4.78 is 0. The monoisotopic (exact) mass is 154 g/mol. The van der Waals surface area contributed by atoms with Gasteiger partial charge >= 0.3 is 5.97 Å². The van der Waals surface area contributed by atoms with Crippen molar-refractivity contribution >= 4 is 5.97 Å². The Morgan fingerprint density at radius 3 is 2.64 bits per heavy atom. The minimum Gasteiger partial charge on any atom is -0.478 e. The lowest BCUT2D eigenvalue weighted by molar-refractivity contribution is -0.131. The summed E-state index contributed by atoms with van der Waals surface area (Å²) in [4.78, 5) is 10.1. The Bertz CT molecular complexity index is 155. The third-order valence-electron chi connectivity index (χ3n) is 2.20. The molecule has 0 bridgehead atoms. The predicted molar refractivity (Wildman–Crippen MR) is 43.4 cm³/mol. The molecule has 0 amide bonds. The van der Waals surface area contributed by atoms with Gasteiger partial charge in [0, 0.05) is 6.08 Å². The first-order valence-electron chi connectivity index (χ1n) is 4.18. The van der Waals surface area contributed by atoms with Crippen molar-refractivity contribution in [3.63, 3.8) is 0 Å². The number of aliphatic carboxylic acids is 1. The molecule has 0 saturated heterocycles. The molecule has 62 valence electrons. The van der Waals surface area contributed by atoms with Crippen LogP contribution in [0.25, 0.3) is 0 Å². The Balaban J connectivity index is 2.15. The van der Waals surface area contributed by atoms with Crippen molar-refractivity contribution in [2.45, 2.75) is 32.1 Å². The number of hydrogen-bond donors (Lipinski definition) is 1. The Morgan fingerprint density at radius 1 is 1.45 bits per heavy atom. The van der Waals surface area contributed by atoms with Gasteiger partial charge < -0.3 is 5.11 Å². The lowest BCUT2D eigenvalue weighted by atomic mass is 10.0. The maximum atomic E-state index is 10.1. The van der Waals surface area contributed by atoms with E-state index in [1.165, 1.54) is 31.8 Å². The van der Waals surface area contributed by atoms with Crippen LogP contribution in [0.4, 0.5) is 0 Å². The van der Waals surface area contributed by atoms with Crippen molar-refractivity contribution in [2.75, 3.05) is 0 Å². The fraction of sp³-hybridized carbons (Fsp3) is 0.667. The van der Waals surface area contributed by atoms with Crippen LogP contribution in [0.3, 0.4) is 0 Å². The first-order chi connectivity index (χ1) is 5.29. The van der Waals surface area contributed by atoms with E-state index in [0.717, 1.165) is 12.3 Å². The maximum Gasteiger partial charge on any atom is 0.327 e. The van der Waals surface area contributed by atoms with Crippen molar-refractivity contribution in [1.82, 2.24) is 0 Å². The fourth-order valence-corrected chi connectivity index (χ4v) is 1.61. The highest BCUT2D eigenvalue weighted by Gasteiger charge is 2.12. The van der Waals surface area contributed by atoms with E-state index in [9.17, 15) is 4.79 Å². The highest BCUT2D eigenvalue weighted by molar-refractivity contribution is 5.79. The van der Waals surface area contributed by atoms with Gasteiger partial charge in [0.2, 0.25) is 0 Å². The molecule has 1 aliphatic carbocycles. The van der Waals surface area contributed by atoms with Gasteiger partial charge in [-0.25, -0.2) is 4.79 Å². The van der Waals surface area contributed by atoms with Crippen LogP contribution < -0.4 is 0 Å². The molecule has 1 aliphatic rings. The highest BCUT2D eigenvalue weighted by atomic mass is 16.4. The first-order valence-corrected chi connectivity index (χ1v) is 4.18. The molecular weight excluding hydrogens is 140 g/mol. The average molecular weight is 154 g/mol. The number of hydrogen-bond acceptors (Lipinski definition) is 1. The van der Waals surface area contributed by atoms with E-state index in [2.05, 4.69) is 0 Å². The standard InChI is InChI=1S/C9H14O2/c10-9(11)7-3-6-8-4-1-2-5-8/h3,7-8H,1-2,4-6H2,(H,10,11)/b7-3+. The van der Waals surface area contributed by atoms with Crippen molar-refractivity contribution in [3.8, 4) is 0 Å². The molecule has 0 aromatic rings. The number of carboxylic acid groups (broad SMARTS) is 1. The van der Waals surface area contributed by atoms with E-state index in [1.807, 2.05) is 0 Å². The van der Waals surface area contributed by atoms with Crippen LogP contribution in [-0.2, 0) is 4.79 Å². The van der Waals surface area contributed by atoms with Gasteiger partial charge in [-0.2, -0.15) is 0 Å². The average Bonchev–Trinajstić information content (AvgIpc) is 2.39. The van der Waals surface area contributed by atoms with Crippen molar-refractivity contribution in [1.29, 1.82) is 0 Å². The summed E-state index contributed by atoms with van der Waals surface area (Å²) in [5, 5.41) is 8.30. The summed E-state index contributed by atoms with van der Waals surface area (Å²) in [7, 11) is 0. The van der Waals surface area contributed by atoms with Gasteiger partial charge in [0.15, 0.2) is 0 Å². The van der Waals surface area contributed by atoms with Crippen molar-refractivity contribution < 1.29 is 9.90 Å². The Labute approximate surface area is 66.9 Å². The molecule has 0 heterocycles. The Kier molecular flexibility index (Phi) is 3.14. The summed E-state index contributed by atoms with van der Waals surface area (Å²) in [6.07, 6.45) is 9.19. The van der Waals surface area contributed by atoms with Crippen LogP contribution >= 0.6 is 0 Å². The topological polar surface area (TPSA) is 37.3 Å². The molecule has 0 atom stereocenters. The highest BCUT2D eigenvalue weighted by Crippen LogP contribution is 2.27. The molecule has 2 nitrogen and oxygen atoms in total. The zero-order valence-corrected chi connectivity index (χ0v) is 6.62. The number of carboxylic acids is 1. The van der Waals surface area contributed by atoms with Crippen LogP contribution in [0, 0.1) is 5.92 Å². The third-order valence-corrected chi connectivity index (χ3v) is 2.20. The van der Waals surface area contributed by atoms with Crippen LogP contribution in [-0.4, -0.2) is 11.1 Å². The van der Waals surface area contributed by atoms with Gasteiger partial charge in [-0.15, -0.1) is 0 Å². The van der Waals surface area contributed by atoms with E-state index >= 15 is 0 Å². The summed E-state index contributed by atoms with van der Waals surface area (Å²) in [5.41, 5.74) is 0. The molecule has 2 heteroatoms. The zero-order chi connectivity index (χ0) is 8.10. The Morgan fingerprint density at radius 2 is 2.09 bits per heavy atom. The second-order valence-corrected chi connectivity index (χ2v) is 3.13. The summed E-state index contributed by atoms with van der Waals surface area (Å²) in [5.74, 6) is -0.0754. The smallest absolute Gasteiger partial charge is 0.327 e. The van der Waals surface area contributed by atoms with Crippen molar-refractivity contribution in [3.05, 3.63) is 12.2 Å². The molecule has 0 radical (unpaired) electrons. The molecule has 1 N–H and O–H groups in total. The Hall–Kier alpha value is -0.790. The molecule has 0 aliphatic heterocycles. The fourth-order valence-electron chi connectivity index (χ4n) is 1.61. The van der Waals surface area contributed by atoms with Gasteiger partial charge in [-0.3, -0.25) is 0 Å². The van der Waals surface area contributed by atoms with Crippen molar-refractivity contribution in [2.24, 2.45) is 5.92 Å². The van der Waals surface area contributed by atoms with Crippen LogP contribution in [0.1, 0.15) is 32.1 Å². The molecule has 0 aromatic heterocycles. The third kappa shape index (κ3) is 3.21. The van der Waals surface area contributed by atoms with E-state index in [-0.39, 0.29) is 0 Å². The van der Waals surface area contributed by atoms with E-state index < -0.39 is 5.97 Å². The van der Waals surface area contributed by atoms with Crippen LogP contribution in [0.5, 0.6) is 0 Å². The molecule has 0 aromatic carbocycles. The van der Waals surface area contributed by atoms with E-state index in [1.54, 1.807) is 6.08 Å². The van der Waals surface area contributed by atoms with Gasteiger partial charge in [0.1, 0.15) is 0 Å². The minimum atomic E-state index is -0.831. The molecule has 1 rings (SSSR count). The van der Waals surface area contributed by atoms with Crippen LogP contribution in [0.2, 0.25) is 0 Å². The lowest BCUT2D eigenvalue weighted by Crippen LogP contribution is -1.91. The minimum absolute atomic E-state index is 0.755. The molecule has 0 spiro atoms. The molecular formula is C9H14O2. The lowest BCUT2D eigenvalue weighted by Gasteiger charge is -2.01. The normalized spacial score (nSPS) is 19.6. The summed E-state index contributed by atoms with van der Waals surface area (Å²) in [6, 6.07) is 0. The van der Waals surface area contributed by atoms with E-state index in [4.69, 9.17) is 5.11 Å². The van der Waals surface area contributed by atoms with E-state index in [0.29, 0.717) is 0 Å². The number of allylic oxidation sites excluding steroid dienone is 1. The number of carbonyl (C=O) groups is 1. The summed E-state index contributed by atoms with van der Waals surface area (Å²) in [6.45, 7) is 0. The largest absolute Gasteiger partial charge is 0.478 e. The molecule has 0 unspecified atom stereocenters. The quantitative estimate of drug-likeness (QED) is 0.633. The molecule has 1 saturated carbocycles. The second kappa shape index (κ2) is 4.16. The summed E-state index contributed by atoms with van der Waals surface area (Å²) >= 11 is 0.